The van der Waals surface area contributed by atoms with Crippen LogP contribution in [0.15, 0.2) is 47.0 Å². The second-order valence-corrected chi connectivity index (χ2v) is 7.58. The van der Waals surface area contributed by atoms with E-state index in [1.54, 1.807) is 24.2 Å². The number of furan rings is 1. The molecule has 0 unspecified atom stereocenters. The van der Waals surface area contributed by atoms with E-state index in [4.69, 9.17) is 10.2 Å². The van der Waals surface area contributed by atoms with Crippen LogP contribution in [0.5, 0.6) is 0 Å². The molecular weight excluding hydrogens is 380 g/mol. The van der Waals surface area contributed by atoms with Gasteiger partial charge in [-0.2, -0.15) is 0 Å². The summed E-state index contributed by atoms with van der Waals surface area (Å²) < 4.78 is 5.90. The number of hydrogen-bond acceptors (Lipinski definition) is 5. The maximum absolute atomic E-state index is 12.6. The number of para-hydroxylation sites is 1. The first-order chi connectivity index (χ1) is 14.4. The van der Waals surface area contributed by atoms with Gasteiger partial charge < -0.3 is 20.4 Å². The Morgan fingerprint density at radius 1 is 1.40 bits per heavy atom. The number of anilines is 1. The van der Waals surface area contributed by atoms with Crippen molar-refractivity contribution in [1.82, 2.24) is 9.88 Å². The SMILES string of the molecule is Cc1c(CN(C)C(=O)/C=C/c2cnc3c(c2)CC[C@@H](N)C(=O)N3)oc2ccccc12. The van der Waals surface area contributed by atoms with Crippen molar-refractivity contribution in [3.05, 3.63) is 65.1 Å². The Morgan fingerprint density at radius 3 is 3.00 bits per heavy atom. The first-order valence-electron chi connectivity index (χ1n) is 9.88. The van der Waals surface area contributed by atoms with Gasteiger partial charge in [0.25, 0.3) is 0 Å². The van der Waals surface area contributed by atoms with Gasteiger partial charge in [-0.1, -0.05) is 18.2 Å². The fourth-order valence-corrected chi connectivity index (χ4v) is 3.54. The number of aromatic nitrogens is 1. The number of rotatable bonds is 4. The van der Waals surface area contributed by atoms with Gasteiger partial charge in [0.1, 0.15) is 17.2 Å². The second-order valence-electron chi connectivity index (χ2n) is 7.58. The molecule has 4 rings (SSSR count). The van der Waals surface area contributed by atoms with Gasteiger partial charge in [-0.25, -0.2) is 4.98 Å². The molecule has 30 heavy (non-hydrogen) atoms. The van der Waals surface area contributed by atoms with E-state index < -0.39 is 6.04 Å². The molecule has 0 bridgehead atoms. The van der Waals surface area contributed by atoms with Gasteiger partial charge in [-0.05, 0) is 49.1 Å². The number of amides is 2. The predicted molar refractivity (Wildman–Crippen MR) is 116 cm³/mol. The lowest BCUT2D eigenvalue weighted by Crippen LogP contribution is -2.34. The van der Waals surface area contributed by atoms with E-state index in [1.807, 2.05) is 37.3 Å². The predicted octanol–water partition coefficient (Wildman–Crippen LogP) is 3.02. The van der Waals surface area contributed by atoms with Crippen molar-refractivity contribution >= 4 is 34.7 Å². The maximum atomic E-state index is 12.6. The van der Waals surface area contributed by atoms with Crippen LogP contribution in [0.25, 0.3) is 17.0 Å². The highest BCUT2D eigenvalue weighted by Crippen LogP contribution is 2.26. The number of fused-ring (bicyclic) bond motifs is 2. The summed E-state index contributed by atoms with van der Waals surface area (Å²) in [5.74, 6) is 0.954. The quantitative estimate of drug-likeness (QED) is 0.651. The summed E-state index contributed by atoms with van der Waals surface area (Å²) in [6, 6.07) is 9.23. The first-order valence-corrected chi connectivity index (χ1v) is 9.88. The Balaban J connectivity index is 1.45. The van der Waals surface area contributed by atoms with Crippen molar-refractivity contribution in [2.24, 2.45) is 5.73 Å². The number of pyridine rings is 1. The van der Waals surface area contributed by atoms with Gasteiger partial charge in [0.2, 0.25) is 11.8 Å². The molecule has 1 atom stereocenters. The van der Waals surface area contributed by atoms with Crippen molar-refractivity contribution in [1.29, 1.82) is 0 Å². The molecule has 0 saturated carbocycles. The van der Waals surface area contributed by atoms with Gasteiger partial charge >= 0.3 is 0 Å². The molecule has 7 heteroatoms. The lowest BCUT2D eigenvalue weighted by molar-refractivity contribution is -0.125. The van der Waals surface area contributed by atoms with Crippen molar-refractivity contribution < 1.29 is 14.0 Å². The first kappa shape index (κ1) is 19.8. The Kier molecular flexibility index (Phi) is 5.37. The molecule has 1 aliphatic rings. The average Bonchev–Trinajstić information content (AvgIpc) is 2.98. The van der Waals surface area contributed by atoms with E-state index in [-0.39, 0.29) is 11.8 Å². The molecule has 0 saturated heterocycles. The van der Waals surface area contributed by atoms with Crippen LogP contribution in [0, 0.1) is 6.92 Å². The Hall–Kier alpha value is -3.45. The number of aryl methyl sites for hydroxylation is 2. The molecule has 154 valence electrons. The van der Waals surface area contributed by atoms with E-state index in [2.05, 4.69) is 10.3 Å². The lowest BCUT2D eigenvalue weighted by Gasteiger charge is -2.14. The molecule has 0 spiro atoms. The summed E-state index contributed by atoms with van der Waals surface area (Å²) in [5.41, 5.74) is 9.39. The molecular formula is C23H24N4O3. The topological polar surface area (TPSA) is 101 Å². The minimum absolute atomic E-state index is 0.139. The third-order valence-corrected chi connectivity index (χ3v) is 5.41. The number of nitrogens with zero attached hydrogens (tertiary/aromatic N) is 2. The Bertz CT molecular complexity index is 1150. The largest absolute Gasteiger partial charge is 0.459 e. The highest BCUT2D eigenvalue weighted by Gasteiger charge is 2.21. The number of nitrogens with two attached hydrogens (primary N) is 1. The zero-order valence-corrected chi connectivity index (χ0v) is 17.0. The number of hydrogen-bond donors (Lipinski definition) is 2. The summed E-state index contributed by atoms with van der Waals surface area (Å²) in [6.07, 6.45) is 6.09. The Morgan fingerprint density at radius 2 is 2.20 bits per heavy atom. The highest BCUT2D eigenvalue weighted by atomic mass is 16.3. The average molecular weight is 404 g/mol. The van der Waals surface area contributed by atoms with Crippen LogP contribution in [-0.4, -0.2) is 34.8 Å². The van der Waals surface area contributed by atoms with Crippen molar-refractivity contribution in [2.75, 3.05) is 12.4 Å². The van der Waals surface area contributed by atoms with Gasteiger partial charge in [0.15, 0.2) is 0 Å². The van der Waals surface area contributed by atoms with Crippen LogP contribution in [0.4, 0.5) is 5.82 Å². The molecule has 0 radical (unpaired) electrons. The lowest BCUT2D eigenvalue weighted by atomic mass is 10.1. The van der Waals surface area contributed by atoms with E-state index >= 15 is 0 Å². The normalized spacial score (nSPS) is 16.4. The van der Waals surface area contributed by atoms with Crippen molar-refractivity contribution in [2.45, 2.75) is 32.4 Å². The number of benzene rings is 1. The summed E-state index contributed by atoms with van der Waals surface area (Å²) in [5, 5.41) is 3.80. The highest BCUT2D eigenvalue weighted by molar-refractivity contribution is 5.95. The molecule has 3 heterocycles. The van der Waals surface area contributed by atoms with Crippen molar-refractivity contribution in [3.63, 3.8) is 0 Å². The molecule has 0 aliphatic carbocycles. The third kappa shape index (κ3) is 3.97. The van der Waals surface area contributed by atoms with Crippen LogP contribution in [0.1, 0.15) is 28.9 Å². The molecule has 2 aromatic heterocycles. The zero-order chi connectivity index (χ0) is 21.3. The zero-order valence-electron chi connectivity index (χ0n) is 17.0. The summed E-state index contributed by atoms with van der Waals surface area (Å²) in [6.45, 7) is 2.39. The summed E-state index contributed by atoms with van der Waals surface area (Å²) in [7, 11) is 1.74. The monoisotopic (exact) mass is 404 g/mol. The molecule has 3 aromatic rings. The molecule has 2 amide bonds. The molecule has 3 N–H and O–H groups in total. The molecule has 7 nitrogen and oxygen atoms in total. The number of likely N-dealkylation sites (N-methyl/N-ethyl adjacent to an activating group) is 1. The number of nitrogens with one attached hydrogen (secondary N) is 1. The van der Waals surface area contributed by atoms with Gasteiger partial charge in [0.05, 0.1) is 12.6 Å². The van der Waals surface area contributed by atoms with Gasteiger partial charge in [0, 0.05) is 30.3 Å². The summed E-state index contributed by atoms with van der Waals surface area (Å²) in [4.78, 5) is 30.3. The van der Waals surface area contributed by atoms with Gasteiger partial charge in [-0.3, -0.25) is 9.59 Å². The van der Waals surface area contributed by atoms with Crippen LogP contribution < -0.4 is 11.1 Å². The fourth-order valence-electron chi connectivity index (χ4n) is 3.54. The van der Waals surface area contributed by atoms with Gasteiger partial charge in [-0.15, -0.1) is 0 Å². The third-order valence-electron chi connectivity index (χ3n) is 5.41. The standard InChI is InChI=1S/C23H24N4O3/c1-14-17-5-3-4-6-19(17)30-20(14)13-27(2)21(28)10-7-15-11-16-8-9-18(24)23(29)26-22(16)25-12-15/h3-7,10-12,18H,8-9,13,24H2,1-2H3,(H,25,26,29)/b10-7+/t18-/m1/s1. The van der Waals surface area contributed by atoms with E-state index in [0.29, 0.717) is 25.2 Å². The minimum Gasteiger partial charge on any atom is -0.459 e. The van der Waals surface area contributed by atoms with E-state index in [0.717, 1.165) is 33.4 Å². The Labute approximate surface area is 174 Å². The maximum Gasteiger partial charge on any atom is 0.246 e. The van der Waals surface area contributed by atoms with Crippen LogP contribution in [0.2, 0.25) is 0 Å². The number of carbonyl (C=O) groups is 2. The van der Waals surface area contributed by atoms with E-state index in [9.17, 15) is 9.59 Å². The molecule has 1 aromatic carbocycles. The minimum atomic E-state index is -0.532. The van der Waals surface area contributed by atoms with Crippen LogP contribution >= 0.6 is 0 Å². The smallest absolute Gasteiger partial charge is 0.246 e. The fraction of sp³-hybridized carbons (Fsp3) is 0.261. The summed E-state index contributed by atoms with van der Waals surface area (Å²) >= 11 is 0. The van der Waals surface area contributed by atoms with Crippen molar-refractivity contribution in [3.8, 4) is 0 Å². The van der Waals surface area contributed by atoms with Crippen LogP contribution in [-0.2, 0) is 22.6 Å². The second kappa shape index (κ2) is 8.12. The molecule has 1 aliphatic heterocycles. The van der Waals surface area contributed by atoms with Crippen LogP contribution in [0.3, 0.4) is 0 Å². The molecule has 0 fully saturated rings. The van der Waals surface area contributed by atoms with E-state index in [1.165, 1.54) is 6.08 Å². The number of carbonyl (C=O) groups excluding carboxylic acids is 2.